The Hall–Kier alpha value is -1.86. The first-order valence-electron chi connectivity index (χ1n) is 6.27. The molecular formula is C17H19N. The first kappa shape index (κ1) is 12.6. The highest BCUT2D eigenvalue weighted by Crippen LogP contribution is 2.18. The van der Waals surface area contributed by atoms with E-state index in [1.807, 2.05) is 13.1 Å². The average molecular weight is 237 g/mol. The minimum absolute atomic E-state index is 0.918. The van der Waals surface area contributed by atoms with Crippen molar-refractivity contribution in [1.29, 1.82) is 0 Å². The van der Waals surface area contributed by atoms with Crippen molar-refractivity contribution in [3.63, 3.8) is 0 Å². The van der Waals surface area contributed by atoms with Gasteiger partial charge >= 0.3 is 0 Å². The monoisotopic (exact) mass is 237 g/mol. The molecule has 0 bridgehead atoms. The highest BCUT2D eigenvalue weighted by atomic mass is 14.8. The van der Waals surface area contributed by atoms with E-state index in [0.29, 0.717) is 0 Å². The molecule has 92 valence electrons. The summed E-state index contributed by atoms with van der Waals surface area (Å²) in [5.74, 6) is 0. The molecule has 0 atom stereocenters. The van der Waals surface area contributed by atoms with Gasteiger partial charge in [0.25, 0.3) is 0 Å². The molecule has 2 rings (SSSR count). The van der Waals surface area contributed by atoms with Crippen LogP contribution in [-0.2, 0) is 6.54 Å². The van der Waals surface area contributed by atoms with Crippen molar-refractivity contribution >= 4 is 11.6 Å². The maximum absolute atomic E-state index is 3.16. The van der Waals surface area contributed by atoms with Crippen LogP contribution in [0.4, 0.5) is 0 Å². The average Bonchev–Trinajstić information content (AvgIpc) is 2.41. The lowest BCUT2D eigenvalue weighted by atomic mass is 10.0. The van der Waals surface area contributed by atoms with Crippen molar-refractivity contribution in [2.24, 2.45) is 0 Å². The van der Waals surface area contributed by atoms with Crippen LogP contribution >= 0.6 is 0 Å². The van der Waals surface area contributed by atoms with Crippen LogP contribution in [0.25, 0.3) is 11.6 Å². The fourth-order valence-corrected chi connectivity index (χ4v) is 1.97. The normalized spacial score (nSPS) is 11.6. The lowest BCUT2D eigenvalue weighted by Crippen LogP contribution is -2.04. The molecule has 2 aromatic carbocycles. The lowest BCUT2D eigenvalue weighted by Gasteiger charge is -2.04. The summed E-state index contributed by atoms with van der Waals surface area (Å²) in [5.41, 5.74) is 5.12. The third-order valence-electron chi connectivity index (χ3n) is 2.97. The Kier molecular flexibility index (Phi) is 4.32. The minimum Gasteiger partial charge on any atom is -0.316 e. The molecule has 0 aliphatic rings. The molecule has 18 heavy (non-hydrogen) atoms. The first-order chi connectivity index (χ1) is 8.79. The van der Waals surface area contributed by atoms with Crippen LogP contribution in [0.2, 0.25) is 0 Å². The topological polar surface area (TPSA) is 12.0 Å². The molecule has 0 radical (unpaired) electrons. The summed E-state index contributed by atoms with van der Waals surface area (Å²) < 4.78 is 0. The number of allylic oxidation sites excluding steroid dienone is 1. The molecule has 1 heteroatoms. The number of rotatable bonds is 4. The second kappa shape index (κ2) is 6.18. The summed E-state index contributed by atoms with van der Waals surface area (Å²) in [4.78, 5) is 0. The van der Waals surface area contributed by atoms with Crippen LogP contribution in [0, 0.1) is 0 Å². The molecule has 1 nitrogen and oxygen atoms in total. The van der Waals surface area contributed by atoms with E-state index in [9.17, 15) is 0 Å². The SMILES string of the molecule is CNCc1ccc(/C(C)=C\c2ccccc2)cc1. The summed E-state index contributed by atoms with van der Waals surface area (Å²) in [7, 11) is 1.97. The smallest absolute Gasteiger partial charge is 0.0202 e. The maximum Gasteiger partial charge on any atom is 0.0202 e. The van der Waals surface area contributed by atoms with Crippen molar-refractivity contribution in [1.82, 2.24) is 5.32 Å². The Bertz CT molecular complexity index is 509. The van der Waals surface area contributed by atoms with Crippen LogP contribution in [0.1, 0.15) is 23.6 Å². The standard InChI is InChI=1S/C17H19N/c1-14(12-15-6-4-3-5-7-15)17-10-8-16(9-11-17)13-18-2/h3-12,18H,13H2,1-2H3/b14-12-. The van der Waals surface area contributed by atoms with E-state index in [0.717, 1.165) is 6.54 Å². The molecule has 0 unspecified atom stereocenters. The summed E-state index contributed by atoms with van der Waals surface area (Å²) >= 11 is 0. The van der Waals surface area contributed by atoms with E-state index in [2.05, 4.69) is 66.8 Å². The van der Waals surface area contributed by atoms with Gasteiger partial charge < -0.3 is 5.32 Å². The van der Waals surface area contributed by atoms with Crippen molar-refractivity contribution in [2.45, 2.75) is 13.5 Å². The molecular weight excluding hydrogens is 218 g/mol. The van der Waals surface area contributed by atoms with E-state index in [-0.39, 0.29) is 0 Å². The van der Waals surface area contributed by atoms with Gasteiger partial charge in [0.1, 0.15) is 0 Å². The largest absolute Gasteiger partial charge is 0.316 e. The maximum atomic E-state index is 3.16. The fourth-order valence-electron chi connectivity index (χ4n) is 1.97. The fraction of sp³-hybridized carbons (Fsp3) is 0.176. The van der Waals surface area contributed by atoms with Gasteiger partial charge in [-0.15, -0.1) is 0 Å². The summed E-state index contributed by atoms with van der Waals surface area (Å²) in [6.07, 6.45) is 2.22. The highest BCUT2D eigenvalue weighted by Gasteiger charge is 1.97. The van der Waals surface area contributed by atoms with Crippen molar-refractivity contribution in [2.75, 3.05) is 7.05 Å². The second-order valence-electron chi connectivity index (χ2n) is 4.47. The van der Waals surface area contributed by atoms with E-state index in [1.165, 1.54) is 22.3 Å². The molecule has 0 fully saturated rings. The van der Waals surface area contributed by atoms with E-state index in [1.54, 1.807) is 0 Å². The van der Waals surface area contributed by atoms with Gasteiger partial charge in [0.15, 0.2) is 0 Å². The van der Waals surface area contributed by atoms with Crippen LogP contribution in [0.5, 0.6) is 0 Å². The van der Waals surface area contributed by atoms with Crippen molar-refractivity contribution < 1.29 is 0 Å². The quantitative estimate of drug-likeness (QED) is 0.793. The first-order valence-corrected chi connectivity index (χ1v) is 6.27. The Morgan fingerprint density at radius 3 is 2.28 bits per heavy atom. The third-order valence-corrected chi connectivity index (χ3v) is 2.97. The zero-order valence-corrected chi connectivity index (χ0v) is 11.0. The van der Waals surface area contributed by atoms with Crippen LogP contribution in [-0.4, -0.2) is 7.05 Å². The summed E-state index contributed by atoms with van der Waals surface area (Å²) in [6.45, 7) is 3.07. The van der Waals surface area contributed by atoms with Crippen LogP contribution < -0.4 is 5.32 Å². The Morgan fingerprint density at radius 2 is 1.67 bits per heavy atom. The molecule has 0 aliphatic carbocycles. The molecule has 0 heterocycles. The number of hydrogen-bond acceptors (Lipinski definition) is 1. The molecule has 1 N–H and O–H groups in total. The Labute approximate surface area is 109 Å². The van der Waals surface area contributed by atoms with Gasteiger partial charge in [-0.05, 0) is 36.2 Å². The number of benzene rings is 2. The Balaban J connectivity index is 2.18. The van der Waals surface area contributed by atoms with Gasteiger partial charge in [-0.25, -0.2) is 0 Å². The molecule has 0 saturated heterocycles. The Morgan fingerprint density at radius 1 is 1.00 bits per heavy atom. The van der Waals surface area contributed by atoms with Crippen LogP contribution in [0.15, 0.2) is 54.6 Å². The molecule has 0 spiro atoms. The van der Waals surface area contributed by atoms with E-state index < -0.39 is 0 Å². The van der Waals surface area contributed by atoms with Crippen molar-refractivity contribution in [3.8, 4) is 0 Å². The zero-order chi connectivity index (χ0) is 12.8. The predicted octanol–water partition coefficient (Wildman–Crippen LogP) is 3.97. The van der Waals surface area contributed by atoms with Gasteiger partial charge in [-0.3, -0.25) is 0 Å². The molecule has 2 aromatic rings. The van der Waals surface area contributed by atoms with Crippen molar-refractivity contribution in [3.05, 3.63) is 71.3 Å². The van der Waals surface area contributed by atoms with Gasteiger partial charge in [0.2, 0.25) is 0 Å². The van der Waals surface area contributed by atoms with Gasteiger partial charge in [-0.1, -0.05) is 60.7 Å². The molecule has 0 amide bonds. The highest BCUT2D eigenvalue weighted by molar-refractivity contribution is 5.80. The van der Waals surface area contributed by atoms with Gasteiger partial charge in [0.05, 0.1) is 0 Å². The summed E-state index contributed by atoms with van der Waals surface area (Å²) in [6, 6.07) is 19.1. The number of nitrogens with one attached hydrogen (secondary N) is 1. The summed E-state index contributed by atoms with van der Waals surface area (Å²) in [5, 5.41) is 3.16. The van der Waals surface area contributed by atoms with E-state index in [4.69, 9.17) is 0 Å². The van der Waals surface area contributed by atoms with Crippen LogP contribution in [0.3, 0.4) is 0 Å². The second-order valence-corrected chi connectivity index (χ2v) is 4.47. The zero-order valence-electron chi connectivity index (χ0n) is 11.0. The minimum atomic E-state index is 0.918. The molecule has 0 saturated carbocycles. The molecule has 0 aromatic heterocycles. The lowest BCUT2D eigenvalue weighted by molar-refractivity contribution is 0.818. The third kappa shape index (κ3) is 3.31. The van der Waals surface area contributed by atoms with Gasteiger partial charge in [0, 0.05) is 6.54 Å². The predicted molar refractivity (Wildman–Crippen MR) is 79.2 cm³/mol. The number of hydrogen-bond donors (Lipinski definition) is 1. The van der Waals surface area contributed by atoms with Gasteiger partial charge in [-0.2, -0.15) is 0 Å². The molecule has 0 aliphatic heterocycles. The van der Waals surface area contributed by atoms with E-state index >= 15 is 0 Å².